The van der Waals surface area contributed by atoms with Crippen molar-refractivity contribution in [3.63, 3.8) is 0 Å². The van der Waals surface area contributed by atoms with E-state index in [-0.39, 0.29) is 17.7 Å². The molecule has 3 fully saturated rings. The van der Waals surface area contributed by atoms with Crippen molar-refractivity contribution in [3.8, 4) is 0 Å². The summed E-state index contributed by atoms with van der Waals surface area (Å²) in [6, 6.07) is -3.24. The number of carboxylic acid groups (broad SMARTS) is 1. The summed E-state index contributed by atoms with van der Waals surface area (Å²) in [7, 11) is 0. The van der Waals surface area contributed by atoms with Crippen LogP contribution >= 0.6 is 0 Å². The highest BCUT2D eigenvalue weighted by Gasteiger charge is 2.61. The van der Waals surface area contributed by atoms with E-state index >= 15 is 0 Å². The van der Waals surface area contributed by atoms with Crippen molar-refractivity contribution in [3.05, 3.63) is 0 Å². The number of rotatable bonds is 2. The van der Waals surface area contributed by atoms with E-state index in [1.807, 2.05) is 0 Å². The molecule has 0 aromatic rings. The molecule has 0 aromatic heterocycles. The Morgan fingerprint density at radius 3 is 2.14 bits per heavy atom. The quantitative estimate of drug-likeness (QED) is 0.691. The summed E-state index contributed by atoms with van der Waals surface area (Å²) < 4.78 is 79.3. The van der Waals surface area contributed by atoms with Gasteiger partial charge in [0, 0.05) is 19.5 Å². The number of alkyl halides is 6. The lowest BCUT2D eigenvalue weighted by Gasteiger charge is -2.47. The van der Waals surface area contributed by atoms with Gasteiger partial charge in [0.2, 0.25) is 5.91 Å². The molecule has 7 nitrogen and oxygen atoms in total. The summed E-state index contributed by atoms with van der Waals surface area (Å²) in [5, 5.41) is 9.08. The van der Waals surface area contributed by atoms with Crippen LogP contribution < -0.4 is 0 Å². The molecule has 2 atom stereocenters. The molecule has 3 aliphatic rings. The number of hydrogen-bond acceptors (Lipinski definition) is 3. The van der Waals surface area contributed by atoms with Gasteiger partial charge in [-0.15, -0.1) is 0 Å². The number of amides is 3. The standard InChI is InChI=1S/C15H17F6N3O4/c16-4-8-5-24(11(26)15(19,20)21)13(1-2-13)6-22(8)10(25)9-3-14(17,18)7-23(9)12(27)28/h8-9H,1-7H2,(H,27,28)/t8-,9-/m0/s1. The predicted octanol–water partition coefficient (Wildman–Crippen LogP) is 1.48. The normalized spacial score (nSPS) is 28.6. The van der Waals surface area contributed by atoms with E-state index in [1.165, 1.54) is 0 Å². The first kappa shape index (κ1) is 20.5. The zero-order valence-electron chi connectivity index (χ0n) is 14.4. The van der Waals surface area contributed by atoms with Crippen LogP contribution in [0, 0.1) is 0 Å². The number of carbonyl (C=O) groups excluding carboxylic acids is 2. The van der Waals surface area contributed by atoms with Gasteiger partial charge in [-0.3, -0.25) is 14.5 Å². The van der Waals surface area contributed by atoms with Gasteiger partial charge in [-0.05, 0) is 12.8 Å². The lowest BCUT2D eigenvalue weighted by molar-refractivity contribution is -0.193. The van der Waals surface area contributed by atoms with E-state index < -0.39 is 80.4 Å². The van der Waals surface area contributed by atoms with Gasteiger partial charge in [0.15, 0.2) is 0 Å². The monoisotopic (exact) mass is 417 g/mol. The van der Waals surface area contributed by atoms with Gasteiger partial charge < -0.3 is 14.9 Å². The maximum atomic E-state index is 13.6. The van der Waals surface area contributed by atoms with Crippen molar-refractivity contribution in [2.24, 2.45) is 0 Å². The van der Waals surface area contributed by atoms with E-state index in [2.05, 4.69) is 0 Å². The fraction of sp³-hybridized carbons (Fsp3) is 0.800. The number of halogens is 6. The van der Waals surface area contributed by atoms with Crippen LogP contribution in [0.1, 0.15) is 19.3 Å². The molecule has 2 heterocycles. The summed E-state index contributed by atoms with van der Waals surface area (Å²) in [6.45, 7) is -3.70. The Kier molecular flexibility index (Phi) is 4.70. The topological polar surface area (TPSA) is 81.2 Å². The largest absolute Gasteiger partial charge is 0.471 e. The first-order valence-corrected chi connectivity index (χ1v) is 8.44. The van der Waals surface area contributed by atoms with Gasteiger partial charge >= 0.3 is 18.2 Å². The lowest BCUT2D eigenvalue weighted by atomic mass is 10.0. The smallest absolute Gasteiger partial charge is 0.465 e. The molecule has 158 valence electrons. The van der Waals surface area contributed by atoms with Gasteiger partial charge in [-0.25, -0.2) is 18.0 Å². The highest BCUT2D eigenvalue weighted by atomic mass is 19.4. The van der Waals surface area contributed by atoms with Crippen molar-refractivity contribution in [2.75, 3.05) is 26.3 Å². The maximum absolute atomic E-state index is 13.6. The number of likely N-dealkylation sites (tertiary alicyclic amines) is 1. The Hall–Kier alpha value is -2.21. The van der Waals surface area contributed by atoms with E-state index in [1.54, 1.807) is 0 Å². The van der Waals surface area contributed by atoms with E-state index in [9.17, 15) is 40.7 Å². The Balaban J connectivity index is 1.84. The van der Waals surface area contributed by atoms with Crippen LogP contribution in [-0.4, -0.2) is 93.7 Å². The maximum Gasteiger partial charge on any atom is 0.471 e. The average Bonchev–Trinajstić information content (AvgIpc) is 3.27. The summed E-state index contributed by atoms with van der Waals surface area (Å²) in [5.74, 6) is -6.68. The van der Waals surface area contributed by atoms with Gasteiger partial charge in [0.05, 0.1) is 18.1 Å². The summed E-state index contributed by atoms with van der Waals surface area (Å²) in [6.07, 6.45) is -7.73. The molecule has 1 aliphatic carbocycles. The van der Waals surface area contributed by atoms with E-state index in [0.717, 1.165) is 4.90 Å². The van der Waals surface area contributed by atoms with Crippen molar-refractivity contribution >= 4 is 17.9 Å². The third-order valence-corrected chi connectivity index (χ3v) is 5.45. The molecule has 1 saturated carbocycles. The summed E-state index contributed by atoms with van der Waals surface area (Å²) in [4.78, 5) is 37.2. The molecular weight excluding hydrogens is 400 g/mol. The van der Waals surface area contributed by atoms with Crippen LogP contribution in [0.2, 0.25) is 0 Å². The average molecular weight is 417 g/mol. The first-order valence-electron chi connectivity index (χ1n) is 8.44. The number of carbonyl (C=O) groups is 3. The lowest BCUT2D eigenvalue weighted by Crippen LogP contribution is -2.66. The second-order valence-electron chi connectivity index (χ2n) is 7.40. The Morgan fingerprint density at radius 2 is 1.68 bits per heavy atom. The molecule has 3 rings (SSSR count). The molecule has 2 aliphatic heterocycles. The van der Waals surface area contributed by atoms with Gasteiger partial charge in [0.25, 0.3) is 5.92 Å². The van der Waals surface area contributed by atoms with Crippen molar-refractivity contribution < 1.29 is 45.8 Å². The molecular formula is C15H17F6N3O4. The molecule has 13 heteroatoms. The summed E-state index contributed by atoms with van der Waals surface area (Å²) in [5.41, 5.74) is -1.33. The van der Waals surface area contributed by atoms with E-state index in [4.69, 9.17) is 5.11 Å². The van der Waals surface area contributed by atoms with Crippen LogP contribution in [-0.2, 0) is 9.59 Å². The molecule has 0 aromatic carbocycles. The molecule has 0 unspecified atom stereocenters. The second-order valence-corrected chi connectivity index (χ2v) is 7.40. The zero-order valence-corrected chi connectivity index (χ0v) is 14.4. The van der Waals surface area contributed by atoms with Crippen LogP contribution in [0.4, 0.5) is 31.1 Å². The minimum atomic E-state index is -5.17. The first-order chi connectivity index (χ1) is 12.8. The Bertz CT molecular complexity index is 696. The van der Waals surface area contributed by atoms with Crippen molar-refractivity contribution in [2.45, 2.75) is 49.0 Å². The molecule has 3 amide bonds. The second kappa shape index (κ2) is 6.41. The Morgan fingerprint density at radius 1 is 1.07 bits per heavy atom. The number of nitrogens with zero attached hydrogens (tertiary/aromatic N) is 3. The molecule has 2 saturated heterocycles. The van der Waals surface area contributed by atoms with E-state index in [0.29, 0.717) is 4.90 Å². The van der Waals surface area contributed by atoms with Gasteiger partial charge in [-0.1, -0.05) is 0 Å². The molecule has 28 heavy (non-hydrogen) atoms. The van der Waals surface area contributed by atoms with Gasteiger partial charge in [0.1, 0.15) is 12.7 Å². The highest BCUT2D eigenvalue weighted by molar-refractivity contribution is 5.88. The van der Waals surface area contributed by atoms with Crippen LogP contribution in [0.3, 0.4) is 0 Å². The highest BCUT2D eigenvalue weighted by Crippen LogP contribution is 2.47. The molecule has 1 spiro atoms. The van der Waals surface area contributed by atoms with Crippen molar-refractivity contribution in [1.82, 2.24) is 14.7 Å². The molecule has 1 N–H and O–H groups in total. The molecule has 0 radical (unpaired) electrons. The zero-order chi connectivity index (χ0) is 21.1. The Labute approximate surface area is 154 Å². The third kappa shape index (κ3) is 3.46. The summed E-state index contributed by atoms with van der Waals surface area (Å²) >= 11 is 0. The van der Waals surface area contributed by atoms with Crippen LogP contribution in [0.5, 0.6) is 0 Å². The minimum Gasteiger partial charge on any atom is -0.465 e. The predicted molar refractivity (Wildman–Crippen MR) is 79.3 cm³/mol. The minimum absolute atomic E-state index is 0.140. The van der Waals surface area contributed by atoms with Crippen molar-refractivity contribution in [1.29, 1.82) is 0 Å². The molecule has 0 bridgehead atoms. The van der Waals surface area contributed by atoms with Gasteiger partial charge in [-0.2, -0.15) is 13.2 Å². The number of hydrogen-bond donors (Lipinski definition) is 1. The number of piperazine rings is 1. The SMILES string of the molecule is O=C([C@@H]1CC(F)(F)CN1C(=O)O)N1CC2(CC2)N(C(=O)C(F)(F)F)C[C@@H]1CF. The van der Waals surface area contributed by atoms with Crippen LogP contribution in [0.15, 0.2) is 0 Å². The fourth-order valence-electron chi connectivity index (χ4n) is 3.88. The fourth-order valence-corrected chi connectivity index (χ4v) is 3.88. The van der Waals surface area contributed by atoms with Crippen LogP contribution in [0.25, 0.3) is 0 Å². The third-order valence-electron chi connectivity index (χ3n) is 5.45.